The molecule has 0 saturated heterocycles. The molecule has 2 amide bonds. The Balaban J connectivity index is 1.63. The van der Waals surface area contributed by atoms with Crippen LogP contribution in [0.5, 0.6) is 0 Å². The molecule has 27 heavy (non-hydrogen) atoms. The van der Waals surface area contributed by atoms with E-state index in [0.29, 0.717) is 11.3 Å². The number of aliphatic hydroxyl groups is 1. The molecule has 0 aliphatic carbocycles. The second-order valence-corrected chi connectivity index (χ2v) is 6.26. The van der Waals surface area contributed by atoms with Crippen LogP contribution in [0.25, 0.3) is 10.8 Å². The van der Waals surface area contributed by atoms with E-state index in [1.165, 1.54) is 0 Å². The lowest BCUT2D eigenvalue weighted by molar-refractivity contribution is -0.136. The zero-order chi connectivity index (χ0) is 19.2. The van der Waals surface area contributed by atoms with E-state index in [-0.39, 0.29) is 6.54 Å². The maximum absolute atomic E-state index is 12.1. The van der Waals surface area contributed by atoms with E-state index in [9.17, 15) is 14.7 Å². The number of rotatable bonds is 5. The maximum atomic E-state index is 12.1. The van der Waals surface area contributed by atoms with Crippen molar-refractivity contribution in [3.05, 3.63) is 77.9 Å². The Kier molecular flexibility index (Phi) is 5.84. The lowest BCUT2D eigenvalue weighted by Crippen LogP contribution is -2.37. The van der Waals surface area contributed by atoms with E-state index in [4.69, 9.17) is 0 Å². The fraction of sp³-hybridized carbons (Fsp3) is 0.182. The Bertz CT molecular complexity index is 963. The van der Waals surface area contributed by atoms with Gasteiger partial charge in [-0.1, -0.05) is 67.6 Å². The highest BCUT2D eigenvalue weighted by atomic mass is 16.3. The summed E-state index contributed by atoms with van der Waals surface area (Å²) in [5.74, 6) is -1.53. The van der Waals surface area contributed by atoms with Crippen LogP contribution in [0.2, 0.25) is 0 Å². The number of aliphatic hydroxyl groups excluding tert-OH is 1. The molecule has 0 radical (unpaired) electrons. The third kappa shape index (κ3) is 4.33. The standard InChI is InChI=1S/C22H22N2O3/c1-2-15-8-4-6-13-19(15)24-22(27)21(26)23-14-20(25)18-12-7-10-16-9-3-5-11-17(16)18/h3-13,20,25H,2,14H2,1H3,(H,23,26)(H,24,27). The monoisotopic (exact) mass is 362 g/mol. The summed E-state index contributed by atoms with van der Waals surface area (Å²) in [7, 11) is 0. The predicted octanol–water partition coefficient (Wildman–Crippen LogP) is 3.19. The molecule has 138 valence electrons. The third-order valence-electron chi connectivity index (χ3n) is 4.49. The number of hydrogen-bond donors (Lipinski definition) is 3. The van der Waals surface area contributed by atoms with E-state index >= 15 is 0 Å². The maximum Gasteiger partial charge on any atom is 0.313 e. The van der Waals surface area contributed by atoms with Crippen molar-refractivity contribution >= 4 is 28.3 Å². The molecule has 0 saturated carbocycles. The van der Waals surface area contributed by atoms with Crippen molar-refractivity contribution < 1.29 is 14.7 Å². The summed E-state index contributed by atoms with van der Waals surface area (Å²) in [5.41, 5.74) is 2.29. The number of benzene rings is 3. The van der Waals surface area contributed by atoms with Gasteiger partial charge in [-0.25, -0.2) is 0 Å². The average molecular weight is 362 g/mol. The molecule has 5 heteroatoms. The topological polar surface area (TPSA) is 78.4 Å². The highest BCUT2D eigenvalue weighted by molar-refractivity contribution is 6.39. The largest absolute Gasteiger partial charge is 0.387 e. The van der Waals surface area contributed by atoms with Crippen LogP contribution in [0.3, 0.4) is 0 Å². The van der Waals surface area contributed by atoms with Crippen molar-refractivity contribution in [1.29, 1.82) is 0 Å². The number of hydrogen-bond acceptors (Lipinski definition) is 3. The van der Waals surface area contributed by atoms with Gasteiger partial charge in [0.2, 0.25) is 0 Å². The second-order valence-electron chi connectivity index (χ2n) is 6.26. The van der Waals surface area contributed by atoms with Crippen LogP contribution in [0.1, 0.15) is 24.2 Å². The fourth-order valence-corrected chi connectivity index (χ4v) is 3.05. The number of nitrogens with one attached hydrogen (secondary N) is 2. The number of fused-ring (bicyclic) bond motifs is 1. The van der Waals surface area contributed by atoms with Gasteiger partial charge in [-0.15, -0.1) is 0 Å². The van der Waals surface area contributed by atoms with Crippen LogP contribution < -0.4 is 10.6 Å². The van der Waals surface area contributed by atoms with Crippen LogP contribution in [0, 0.1) is 0 Å². The molecule has 1 atom stereocenters. The lowest BCUT2D eigenvalue weighted by Gasteiger charge is -2.15. The van der Waals surface area contributed by atoms with Gasteiger partial charge in [0.25, 0.3) is 0 Å². The van der Waals surface area contributed by atoms with Gasteiger partial charge in [0.15, 0.2) is 0 Å². The number of carbonyl (C=O) groups is 2. The third-order valence-corrected chi connectivity index (χ3v) is 4.49. The van der Waals surface area contributed by atoms with E-state index < -0.39 is 17.9 Å². The molecule has 3 aromatic rings. The van der Waals surface area contributed by atoms with Crippen molar-refractivity contribution in [3.8, 4) is 0 Å². The van der Waals surface area contributed by atoms with E-state index in [2.05, 4.69) is 10.6 Å². The molecular formula is C22H22N2O3. The predicted molar refractivity (Wildman–Crippen MR) is 106 cm³/mol. The Hall–Kier alpha value is -3.18. The van der Waals surface area contributed by atoms with Gasteiger partial charge in [0.05, 0.1) is 6.10 Å². The molecule has 0 aliphatic rings. The quantitative estimate of drug-likeness (QED) is 0.610. The number of para-hydroxylation sites is 1. The summed E-state index contributed by atoms with van der Waals surface area (Å²) in [6, 6.07) is 20.7. The molecule has 3 N–H and O–H groups in total. The molecule has 0 spiro atoms. The van der Waals surface area contributed by atoms with Crippen LogP contribution in [-0.2, 0) is 16.0 Å². The Labute approximate surface area is 158 Å². The summed E-state index contributed by atoms with van der Waals surface area (Å²) in [6.45, 7) is 1.93. The van der Waals surface area contributed by atoms with Crippen molar-refractivity contribution in [2.45, 2.75) is 19.4 Å². The molecule has 1 unspecified atom stereocenters. The fourth-order valence-electron chi connectivity index (χ4n) is 3.05. The summed E-state index contributed by atoms with van der Waals surface area (Å²) in [4.78, 5) is 24.2. The number of carbonyl (C=O) groups excluding carboxylic acids is 2. The molecule has 5 nitrogen and oxygen atoms in total. The van der Waals surface area contributed by atoms with Crippen LogP contribution in [0.4, 0.5) is 5.69 Å². The summed E-state index contributed by atoms with van der Waals surface area (Å²) >= 11 is 0. The first-order valence-corrected chi connectivity index (χ1v) is 8.93. The first-order chi connectivity index (χ1) is 13.1. The average Bonchev–Trinajstić information content (AvgIpc) is 2.71. The lowest BCUT2D eigenvalue weighted by atomic mass is 10.0. The van der Waals surface area contributed by atoms with Gasteiger partial charge in [-0.3, -0.25) is 9.59 Å². The normalized spacial score (nSPS) is 11.8. The highest BCUT2D eigenvalue weighted by Crippen LogP contribution is 2.23. The van der Waals surface area contributed by atoms with Gasteiger partial charge in [0, 0.05) is 12.2 Å². The smallest absolute Gasteiger partial charge is 0.313 e. The molecule has 0 aromatic heterocycles. The molecule has 0 aliphatic heterocycles. The Morgan fingerprint density at radius 1 is 0.926 bits per heavy atom. The van der Waals surface area contributed by atoms with Gasteiger partial charge in [-0.05, 0) is 34.4 Å². The molecule has 3 aromatic carbocycles. The van der Waals surface area contributed by atoms with Crippen molar-refractivity contribution in [3.63, 3.8) is 0 Å². The minimum atomic E-state index is -0.907. The summed E-state index contributed by atoms with van der Waals surface area (Å²) < 4.78 is 0. The Morgan fingerprint density at radius 2 is 1.63 bits per heavy atom. The molecule has 0 fully saturated rings. The van der Waals surface area contributed by atoms with E-state index in [1.807, 2.05) is 61.5 Å². The molecule has 0 heterocycles. The second kappa shape index (κ2) is 8.47. The van der Waals surface area contributed by atoms with Crippen molar-refractivity contribution in [1.82, 2.24) is 5.32 Å². The molecular weight excluding hydrogens is 340 g/mol. The van der Waals surface area contributed by atoms with E-state index in [1.54, 1.807) is 12.1 Å². The SMILES string of the molecule is CCc1ccccc1NC(=O)C(=O)NCC(O)c1cccc2ccccc12. The van der Waals surface area contributed by atoms with Gasteiger partial charge >= 0.3 is 11.8 Å². The van der Waals surface area contributed by atoms with Gasteiger partial charge < -0.3 is 15.7 Å². The van der Waals surface area contributed by atoms with Gasteiger partial charge in [-0.2, -0.15) is 0 Å². The van der Waals surface area contributed by atoms with Crippen molar-refractivity contribution in [2.75, 3.05) is 11.9 Å². The van der Waals surface area contributed by atoms with Crippen molar-refractivity contribution in [2.24, 2.45) is 0 Å². The minimum absolute atomic E-state index is 0.0459. The van der Waals surface area contributed by atoms with E-state index in [0.717, 1.165) is 22.8 Å². The zero-order valence-electron chi connectivity index (χ0n) is 15.1. The molecule has 0 bridgehead atoms. The van der Waals surface area contributed by atoms with Crippen LogP contribution >= 0.6 is 0 Å². The minimum Gasteiger partial charge on any atom is -0.387 e. The first-order valence-electron chi connectivity index (χ1n) is 8.93. The Morgan fingerprint density at radius 3 is 2.44 bits per heavy atom. The van der Waals surface area contributed by atoms with Crippen LogP contribution in [-0.4, -0.2) is 23.5 Å². The molecule has 3 rings (SSSR count). The first kappa shape index (κ1) is 18.6. The zero-order valence-corrected chi connectivity index (χ0v) is 15.1. The summed E-state index contributed by atoms with van der Waals surface area (Å²) in [5, 5.41) is 17.5. The van der Waals surface area contributed by atoms with Gasteiger partial charge in [0.1, 0.15) is 0 Å². The number of amides is 2. The highest BCUT2D eigenvalue weighted by Gasteiger charge is 2.17. The number of aryl methyl sites for hydroxylation is 1. The summed E-state index contributed by atoms with van der Waals surface area (Å²) in [6.07, 6.45) is -0.159. The van der Waals surface area contributed by atoms with Crippen LogP contribution in [0.15, 0.2) is 66.7 Å². The number of anilines is 1.